The van der Waals surface area contributed by atoms with Crippen LogP contribution in [-0.2, 0) is 6.42 Å². The lowest BCUT2D eigenvalue weighted by molar-refractivity contribution is 0.218. The lowest BCUT2D eigenvalue weighted by Gasteiger charge is -2.16. The normalized spacial score (nSPS) is 18.9. The first-order valence-electron chi connectivity index (χ1n) is 6.35. The maximum atomic E-state index is 8.87. The van der Waals surface area contributed by atoms with Crippen molar-refractivity contribution in [1.29, 1.82) is 0 Å². The minimum Gasteiger partial charge on any atom is -0.493 e. The zero-order valence-electron chi connectivity index (χ0n) is 10.7. The Balaban J connectivity index is 2.08. The van der Waals surface area contributed by atoms with Gasteiger partial charge < -0.3 is 14.6 Å². The molecule has 18 heavy (non-hydrogen) atoms. The molecule has 100 valence electrons. The number of methoxy groups -OCH3 is 1. The molecule has 1 unspecified atom stereocenters. The molecule has 0 aliphatic carbocycles. The summed E-state index contributed by atoms with van der Waals surface area (Å²) in [5, 5.41) is 8.87. The molecule has 0 bridgehead atoms. The van der Waals surface area contributed by atoms with Crippen molar-refractivity contribution in [3.63, 3.8) is 0 Å². The molecule has 1 aliphatic rings. The van der Waals surface area contributed by atoms with Gasteiger partial charge in [-0.3, -0.25) is 0 Å². The van der Waals surface area contributed by atoms with Gasteiger partial charge in [0.25, 0.3) is 0 Å². The van der Waals surface area contributed by atoms with Gasteiger partial charge in [-0.05, 0) is 42.7 Å². The molecule has 1 N–H and O–H groups in total. The molecule has 1 saturated heterocycles. The number of aryl methyl sites for hydroxylation is 1. The van der Waals surface area contributed by atoms with Crippen molar-refractivity contribution in [3.05, 3.63) is 23.8 Å². The van der Waals surface area contributed by atoms with Crippen LogP contribution in [0.4, 0.5) is 0 Å². The summed E-state index contributed by atoms with van der Waals surface area (Å²) in [6.45, 7) is 0.224. The topological polar surface area (TPSA) is 38.7 Å². The summed E-state index contributed by atoms with van der Waals surface area (Å²) in [5.41, 5.74) is 1.19. The molecule has 1 aromatic rings. The fraction of sp³-hybridized carbons (Fsp3) is 0.571. The zero-order valence-corrected chi connectivity index (χ0v) is 11.5. The first-order chi connectivity index (χ1) is 8.83. The van der Waals surface area contributed by atoms with Crippen molar-refractivity contribution in [2.24, 2.45) is 0 Å². The van der Waals surface area contributed by atoms with E-state index >= 15 is 0 Å². The Kier molecular flexibility index (Phi) is 5.20. The van der Waals surface area contributed by atoms with Gasteiger partial charge >= 0.3 is 0 Å². The van der Waals surface area contributed by atoms with E-state index in [9.17, 15) is 0 Å². The van der Waals surface area contributed by atoms with Crippen LogP contribution >= 0.6 is 11.8 Å². The molecular formula is C14H20O3S. The zero-order chi connectivity index (χ0) is 12.8. The Hall–Kier alpha value is -0.870. The van der Waals surface area contributed by atoms with Crippen molar-refractivity contribution >= 4 is 11.8 Å². The van der Waals surface area contributed by atoms with Gasteiger partial charge in [0.05, 0.1) is 7.11 Å². The lowest BCUT2D eigenvalue weighted by Crippen LogP contribution is -2.15. The molecule has 1 aliphatic heterocycles. The second-order valence-corrected chi connectivity index (χ2v) is 5.57. The summed E-state index contributed by atoms with van der Waals surface area (Å²) in [7, 11) is 1.67. The van der Waals surface area contributed by atoms with E-state index < -0.39 is 0 Å². The Labute approximate surface area is 112 Å². The van der Waals surface area contributed by atoms with Gasteiger partial charge in [0, 0.05) is 12.4 Å². The van der Waals surface area contributed by atoms with Crippen LogP contribution in [0.1, 0.15) is 18.4 Å². The third-order valence-electron chi connectivity index (χ3n) is 3.03. The van der Waals surface area contributed by atoms with Gasteiger partial charge in [0.15, 0.2) is 11.5 Å². The second kappa shape index (κ2) is 6.90. The SMILES string of the molecule is COc1ccc(CCCO)cc1OC1CCSC1. The van der Waals surface area contributed by atoms with E-state index in [0.29, 0.717) is 6.10 Å². The standard InChI is InChI=1S/C14H20O3S/c1-16-13-5-4-11(3-2-7-15)9-14(13)17-12-6-8-18-10-12/h4-5,9,12,15H,2-3,6-8,10H2,1H3. The van der Waals surface area contributed by atoms with E-state index in [0.717, 1.165) is 36.5 Å². The van der Waals surface area contributed by atoms with E-state index in [2.05, 4.69) is 0 Å². The van der Waals surface area contributed by atoms with Crippen molar-refractivity contribution < 1.29 is 14.6 Å². The highest BCUT2D eigenvalue weighted by molar-refractivity contribution is 7.99. The Morgan fingerprint density at radius 1 is 1.39 bits per heavy atom. The van der Waals surface area contributed by atoms with Crippen LogP contribution in [0, 0.1) is 0 Å². The minimum atomic E-state index is 0.224. The number of aliphatic hydroxyl groups excluding tert-OH is 1. The maximum absolute atomic E-state index is 8.87. The highest BCUT2D eigenvalue weighted by Gasteiger charge is 2.18. The summed E-state index contributed by atoms with van der Waals surface area (Å²) in [5.74, 6) is 3.86. The van der Waals surface area contributed by atoms with Gasteiger partial charge in [-0.25, -0.2) is 0 Å². The Bertz CT molecular complexity index is 375. The molecule has 2 rings (SSSR count). The van der Waals surface area contributed by atoms with Gasteiger partial charge in [-0.1, -0.05) is 6.07 Å². The van der Waals surface area contributed by atoms with E-state index in [1.165, 1.54) is 11.3 Å². The molecule has 1 aromatic carbocycles. The fourth-order valence-corrected chi connectivity index (χ4v) is 3.13. The van der Waals surface area contributed by atoms with Gasteiger partial charge in [-0.2, -0.15) is 11.8 Å². The first kappa shape index (κ1) is 13.6. The first-order valence-corrected chi connectivity index (χ1v) is 7.51. The highest BCUT2D eigenvalue weighted by Crippen LogP contribution is 2.32. The predicted molar refractivity (Wildman–Crippen MR) is 74.8 cm³/mol. The second-order valence-electron chi connectivity index (χ2n) is 4.42. The van der Waals surface area contributed by atoms with E-state index in [1.807, 2.05) is 30.0 Å². The van der Waals surface area contributed by atoms with E-state index in [1.54, 1.807) is 7.11 Å². The molecule has 0 saturated carbocycles. The van der Waals surface area contributed by atoms with Crippen molar-refractivity contribution in [3.8, 4) is 11.5 Å². The summed E-state index contributed by atoms with van der Waals surface area (Å²) < 4.78 is 11.3. The van der Waals surface area contributed by atoms with Gasteiger partial charge in [-0.15, -0.1) is 0 Å². The monoisotopic (exact) mass is 268 g/mol. The van der Waals surface area contributed by atoms with Crippen LogP contribution in [0.5, 0.6) is 11.5 Å². The van der Waals surface area contributed by atoms with Crippen LogP contribution in [0.25, 0.3) is 0 Å². The summed E-state index contributed by atoms with van der Waals surface area (Å²) in [6, 6.07) is 6.02. The molecule has 3 nitrogen and oxygen atoms in total. The fourth-order valence-electron chi connectivity index (χ4n) is 2.04. The number of hydrogen-bond acceptors (Lipinski definition) is 4. The van der Waals surface area contributed by atoms with Crippen LogP contribution in [0.15, 0.2) is 18.2 Å². The number of aliphatic hydroxyl groups is 1. The smallest absolute Gasteiger partial charge is 0.161 e. The molecule has 1 atom stereocenters. The molecule has 4 heteroatoms. The number of hydrogen-bond donors (Lipinski definition) is 1. The lowest BCUT2D eigenvalue weighted by atomic mass is 10.1. The van der Waals surface area contributed by atoms with Crippen LogP contribution < -0.4 is 9.47 Å². The summed E-state index contributed by atoms with van der Waals surface area (Å²) in [6.07, 6.45) is 3.06. The van der Waals surface area contributed by atoms with Crippen molar-refractivity contribution in [1.82, 2.24) is 0 Å². The molecule has 0 spiro atoms. The number of thioether (sulfide) groups is 1. The van der Waals surface area contributed by atoms with Crippen LogP contribution in [0.2, 0.25) is 0 Å². The van der Waals surface area contributed by atoms with Crippen LogP contribution in [0.3, 0.4) is 0 Å². The third kappa shape index (κ3) is 3.56. The number of ether oxygens (including phenoxy) is 2. The van der Waals surface area contributed by atoms with E-state index in [-0.39, 0.29) is 6.61 Å². The van der Waals surface area contributed by atoms with Crippen molar-refractivity contribution in [2.75, 3.05) is 25.2 Å². The Morgan fingerprint density at radius 2 is 2.28 bits per heavy atom. The van der Waals surface area contributed by atoms with Gasteiger partial charge in [0.1, 0.15) is 6.10 Å². The van der Waals surface area contributed by atoms with Gasteiger partial charge in [0.2, 0.25) is 0 Å². The molecule has 0 aromatic heterocycles. The summed E-state index contributed by atoms with van der Waals surface area (Å²) >= 11 is 1.93. The average Bonchev–Trinajstić information content (AvgIpc) is 2.89. The number of rotatable bonds is 6. The molecule has 0 amide bonds. The maximum Gasteiger partial charge on any atom is 0.161 e. The van der Waals surface area contributed by atoms with E-state index in [4.69, 9.17) is 14.6 Å². The molecule has 1 heterocycles. The number of benzene rings is 1. The third-order valence-corrected chi connectivity index (χ3v) is 4.17. The van der Waals surface area contributed by atoms with Crippen molar-refractivity contribution in [2.45, 2.75) is 25.4 Å². The molecular weight excluding hydrogens is 248 g/mol. The molecule has 1 fully saturated rings. The minimum absolute atomic E-state index is 0.224. The quantitative estimate of drug-likeness (QED) is 0.860. The highest BCUT2D eigenvalue weighted by atomic mass is 32.2. The average molecular weight is 268 g/mol. The van der Waals surface area contributed by atoms with Crippen LogP contribution in [-0.4, -0.2) is 36.4 Å². The Morgan fingerprint density at radius 3 is 2.94 bits per heavy atom. The summed E-state index contributed by atoms with van der Waals surface area (Å²) in [4.78, 5) is 0. The predicted octanol–water partition coefficient (Wildman–Crippen LogP) is 2.50. The largest absolute Gasteiger partial charge is 0.493 e. The molecule has 0 radical (unpaired) electrons.